The lowest BCUT2D eigenvalue weighted by molar-refractivity contribution is 1.07. The highest BCUT2D eigenvalue weighted by Crippen LogP contribution is 2.35. The molecule has 0 spiro atoms. The van der Waals surface area contributed by atoms with E-state index in [2.05, 4.69) is 152 Å². The Kier molecular flexibility index (Phi) is 8.94. The zero-order chi connectivity index (χ0) is 36.1. The molecule has 54 heavy (non-hydrogen) atoms. The summed E-state index contributed by atoms with van der Waals surface area (Å²) >= 11 is 0. The first kappa shape index (κ1) is 32.7. The molecule has 0 amide bonds. The van der Waals surface area contributed by atoms with Gasteiger partial charge in [-0.2, -0.15) is 0 Å². The average molecular weight is 690 g/mol. The number of aromatic nitrogens is 3. The minimum atomic E-state index is 0.647. The number of rotatable bonds is 8. The van der Waals surface area contributed by atoms with E-state index in [-0.39, 0.29) is 0 Å². The van der Waals surface area contributed by atoms with Crippen molar-refractivity contribution in [1.29, 1.82) is 0 Å². The zero-order valence-electron chi connectivity index (χ0n) is 29.5. The monoisotopic (exact) mass is 689 g/mol. The molecule has 0 atom stereocenters. The van der Waals surface area contributed by atoms with Gasteiger partial charge in [-0.3, -0.25) is 0 Å². The van der Waals surface area contributed by atoms with Crippen molar-refractivity contribution in [1.82, 2.24) is 15.0 Å². The van der Waals surface area contributed by atoms with Crippen molar-refractivity contribution in [3.05, 3.63) is 212 Å². The van der Waals surface area contributed by atoms with Crippen LogP contribution in [-0.2, 0) is 0 Å². The molecule has 0 saturated carbocycles. The summed E-state index contributed by atoms with van der Waals surface area (Å²) in [6.45, 7) is 0. The van der Waals surface area contributed by atoms with E-state index in [1.807, 2.05) is 60.7 Å². The minimum Gasteiger partial charge on any atom is -0.208 e. The van der Waals surface area contributed by atoms with Crippen molar-refractivity contribution in [3.63, 3.8) is 0 Å². The van der Waals surface area contributed by atoms with Gasteiger partial charge in [0.05, 0.1) is 0 Å². The standard InChI is InChI=1S/C51H35N3/c1-5-14-36(15-6-1)46-33-47(37-16-7-2-8-17-37)35-48(34-46)40-26-24-38(25-27-40)44-22-13-23-45(32-44)39-28-30-43(31-29-39)51-53-49(41-18-9-3-10-19-41)52-50(54-51)42-20-11-4-12-21-42/h1-35H. The molecule has 0 aliphatic rings. The molecule has 0 aliphatic heterocycles. The fraction of sp³-hybridized carbons (Fsp3) is 0. The molecular weight excluding hydrogens is 655 g/mol. The number of hydrogen-bond acceptors (Lipinski definition) is 3. The van der Waals surface area contributed by atoms with Crippen LogP contribution in [0.2, 0.25) is 0 Å². The van der Waals surface area contributed by atoms with E-state index in [4.69, 9.17) is 15.0 Å². The Morgan fingerprint density at radius 2 is 0.389 bits per heavy atom. The second-order valence-electron chi connectivity index (χ2n) is 13.3. The zero-order valence-corrected chi connectivity index (χ0v) is 29.5. The molecular formula is C51H35N3. The summed E-state index contributed by atoms with van der Waals surface area (Å²) in [4.78, 5) is 14.6. The minimum absolute atomic E-state index is 0.647. The van der Waals surface area contributed by atoms with E-state index in [0.29, 0.717) is 17.5 Å². The third-order valence-corrected chi connectivity index (χ3v) is 9.74. The second kappa shape index (κ2) is 14.8. The Bertz CT molecular complexity index is 2350. The van der Waals surface area contributed by atoms with Crippen molar-refractivity contribution < 1.29 is 0 Å². The van der Waals surface area contributed by atoms with Crippen LogP contribution in [0.1, 0.15) is 0 Å². The molecule has 3 heteroatoms. The smallest absolute Gasteiger partial charge is 0.164 e. The lowest BCUT2D eigenvalue weighted by atomic mass is 9.92. The average Bonchev–Trinajstić information content (AvgIpc) is 3.27. The maximum Gasteiger partial charge on any atom is 0.164 e. The largest absolute Gasteiger partial charge is 0.208 e. The summed E-state index contributed by atoms with van der Waals surface area (Å²) in [6.07, 6.45) is 0. The maximum atomic E-state index is 4.90. The summed E-state index contributed by atoms with van der Waals surface area (Å²) in [5.74, 6) is 1.96. The molecule has 8 aromatic carbocycles. The molecule has 0 unspecified atom stereocenters. The third kappa shape index (κ3) is 6.99. The van der Waals surface area contributed by atoms with Crippen LogP contribution in [0, 0.1) is 0 Å². The van der Waals surface area contributed by atoms with Crippen LogP contribution in [0.5, 0.6) is 0 Å². The molecule has 254 valence electrons. The van der Waals surface area contributed by atoms with Gasteiger partial charge in [0.25, 0.3) is 0 Å². The van der Waals surface area contributed by atoms with E-state index in [1.165, 1.54) is 44.5 Å². The molecule has 0 saturated heterocycles. The predicted molar refractivity (Wildman–Crippen MR) is 223 cm³/mol. The van der Waals surface area contributed by atoms with Gasteiger partial charge in [0.15, 0.2) is 17.5 Å². The first-order valence-electron chi connectivity index (χ1n) is 18.2. The molecule has 1 aromatic heterocycles. The Morgan fingerprint density at radius 3 is 0.741 bits per heavy atom. The number of hydrogen-bond donors (Lipinski definition) is 0. The Labute approximate surface area is 316 Å². The normalized spacial score (nSPS) is 11.0. The summed E-state index contributed by atoms with van der Waals surface area (Å²) in [7, 11) is 0. The van der Waals surface area contributed by atoms with Crippen LogP contribution in [-0.4, -0.2) is 15.0 Å². The summed E-state index contributed by atoms with van der Waals surface area (Å²) < 4.78 is 0. The van der Waals surface area contributed by atoms with E-state index in [0.717, 1.165) is 27.8 Å². The van der Waals surface area contributed by atoms with Gasteiger partial charge in [-0.15, -0.1) is 0 Å². The molecule has 0 N–H and O–H groups in total. The lowest BCUT2D eigenvalue weighted by Crippen LogP contribution is -2.00. The van der Waals surface area contributed by atoms with Gasteiger partial charge in [-0.25, -0.2) is 15.0 Å². The molecule has 1 heterocycles. The van der Waals surface area contributed by atoms with Gasteiger partial charge in [-0.05, 0) is 79.9 Å². The van der Waals surface area contributed by atoms with E-state index >= 15 is 0 Å². The van der Waals surface area contributed by atoms with Gasteiger partial charge < -0.3 is 0 Å². The van der Waals surface area contributed by atoms with Crippen molar-refractivity contribution >= 4 is 0 Å². The van der Waals surface area contributed by atoms with Gasteiger partial charge in [0.1, 0.15) is 0 Å². The van der Waals surface area contributed by atoms with Gasteiger partial charge in [-0.1, -0.05) is 188 Å². The van der Waals surface area contributed by atoms with Crippen LogP contribution in [0.25, 0.3) is 89.8 Å². The molecule has 0 aliphatic carbocycles. The topological polar surface area (TPSA) is 38.7 Å². The van der Waals surface area contributed by atoms with Crippen molar-refractivity contribution in [3.8, 4) is 89.8 Å². The Hall–Kier alpha value is -7.23. The molecule has 9 aromatic rings. The SMILES string of the molecule is c1ccc(-c2cc(-c3ccccc3)cc(-c3ccc(-c4cccc(-c5ccc(-c6nc(-c7ccccc7)nc(-c7ccccc7)n6)cc5)c4)cc3)c2)cc1. The van der Waals surface area contributed by atoms with Gasteiger partial charge in [0, 0.05) is 16.7 Å². The second-order valence-corrected chi connectivity index (χ2v) is 13.3. The third-order valence-electron chi connectivity index (χ3n) is 9.74. The first-order valence-corrected chi connectivity index (χ1v) is 18.2. The van der Waals surface area contributed by atoms with Crippen LogP contribution >= 0.6 is 0 Å². The van der Waals surface area contributed by atoms with Crippen molar-refractivity contribution in [2.24, 2.45) is 0 Å². The van der Waals surface area contributed by atoms with Crippen LogP contribution in [0.15, 0.2) is 212 Å². The fourth-order valence-electron chi connectivity index (χ4n) is 6.87. The van der Waals surface area contributed by atoms with Crippen LogP contribution in [0.3, 0.4) is 0 Å². The number of benzene rings is 8. The molecule has 3 nitrogen and oxygen atoms in total. The number of nitrogens with zero attached hydrogens (tertiary/aromatic N) is 3. The van der Waals surface area contributed by atoms with E-state index < -0.39 is 0 Å². The van der Waals surface area contributed by atoms with Crippen molar-refractivity contribution in [2.75, 3.05) is 0 Å². The van der Waals surface area contributed by atoms with E-state index in [1.54, 1.807) is 0 Å². The molecule has 0 radical (unpaired) electrons. The van der Waals surface area contributed by atoms with Gasteiger partial charge in [0.2, 0.25) is 0 Å². The highest BCUT2D eigenvalue weighted by molar-refractivity contribution is 5.82. The summed E-state index contributed by atoms with van der Waals surface area (Å²) in [5, 5.41) is 0. The fourth-order valence-corrected chi connectivity index (χ4v) is 6.87. The summed E-state index contributed by atoms with van der Waals surface area (Å²) in [5.41, 5.74) is 14.7. The molecule has 0 bridgehead atoms. The quantitative estimate of drug-likeness (QED) is 0.159. The summed E-state index contributed by atoms with van der Waals surface area (Å²) in [6, 6.07) is 74.4. The Balaban J connectivity index is 1.00. The van der Waals surface area contributed by atoms with Crippen LogP contribution in [0.4, 0.5) is 0 Å². The first-order chi connectivity index (χ1) is 26.7. The van der Waals surface area contributed by atoms with E-state index in [9.17, 15) is 0 Å². The highest BCUT2D eigenvalue weighted by atomic mass is 15.0. The van der Waals surface area contributed by atoms with Crippen LogP contribution < -0.4 is 0 Å². The lowest BCUT2D eigenvalue weighted by Gasteiger charge is -2.12. The van der Waals surface area contributed by atoms with Gasteiger partial charge >= 0.3 is 0 Å². The molecule has 9 rings (SSSR count). The highest BCUT2D eigenvalue weighted by Gasteiger charge is 2.13. The predicted octanol–water partition coefficient (Wildman–Crippen LogP) is 13.2. The maximum absolute atomic E-state index is 4.90. The van der Waals surface area contributed by atoms with Crippen molar-refractivity contribution in [2.45, 2.75) is 0 Å². The Morgan fingerprint density at radius 1 is 0.167 bits per heavy atom. The molecule has 0 fully saturated rings.